The number of hydrogen-bond acceptors (Lipinski definition) is 5. The van der Waals surface area contributed by atoms with Gasteiger partial charge in [0.2, 0.25) is 0 Å². The van der Waals surface area contributed by atoms with E-state index in [4.69, 9.17) is 14.7 Å². The van der Waals surface area contributed by atoms with E-state index in [0.29, 0.717) is 5.92 Å². The first-order chi connectivity index (χ1) is 13.5. The number of piperidine rings is 1. The van der Waals surface area contributed by atoms with Crippen molar-refractivity contribution in [3.05, 3.63) is 52.1 Å². The van der Waals surface area contributed by atoms with Crippen molar-refractivity contribution < 1.29 is 4.74 Å². The van der Waals surface area contributed by atoms with E-state index in [9.17, 15) is 0 Å². The first-order valence-electron chi connectivity index (χ1n) is 10.4. The van der Waals surface area contributed by atoms with Crippen molar-refractivity contribution in [3.8, 4) is 5.75 Å². The van der Waals surface area contributed by atoms with E-state index in [1.807, 2.05) is 0 Å². The van der Waals surface area contributed by atoms with Gasteiger partial charge < -0.3 is 9.64 Å². The largest absolute Gasteiger partial charge is 0.496 e. The van der Waals surface area contributed by atoms with Crippen molar-refractivity contribution in [3.63, 3.8) is 0 Å². The lowest BCUT2D eigenvalue weighted by Gasteiger charge is -2.33. The molecule has 1 aromatic heterocycles. The third kappa shape index (κ3) is 3.91. The zero-order chi connectivity index (χ0) is 19.7. The summed E-state index contributed by atoms with van der Waals surface area (Å²) in [4.78, 5) is 14.7. The quantitative estimate of drug-likeness (QED) is 0.812. The van der Waals surface area contributed by atoms with Crippen LogP contribution in [0.2, 0.25) is 0 Å². The van der Waals surface area contributed by atoms with Crippen molar-refractivity contribution in [1.82, 2.24) is 19.8 Å². The number of ether oxygens (including phenoxy) is 1. The molecule has 1 aromatic carbocycles. The zero-order valence-electron chi connectivity index (χ0n) is 17.7. The Hall–Kier alpha value is -1.98. The van der Waals surface area contributed by atoms with E-state index in [2.05, 4.69) is 49.0 Å². The Morgan fingerprint density at radius 1 is 1.18 bits per heavy atom. The summed E-state index contributed by atoms with van der Waals surface area (Å²) in [6.45, 7) is 9.61. The number of likely N-dealkylation sites (N-methyl/N-ethyl adjacent to an activating group) is 1. The Kier molecular flexibility index (Phi) is 5.65. The van der Waals surface area contributed by atoms with Crippen LogP contribution in [0.5, 0.6) is 5.75 Å². The van der Waals surface area contributed by atoms with Gasteiger partial charge in [-0.05, 0) is 63.0 Å². The molecule has 2 aromatic rings. The average Bonchev–Trinajstić information content (AvgIpc) is 2.71. The van der Waals surface area contributed by atoms with Crippen LogP contribution in [-0.4, -0.2) is 53.6 Å². The second-order valence-corrected chi connectivity index (χ2v) is 8.44. The van der Waals surface area contributed by atoms with Gasteiger partial charge in [0, 0.05) is 56.0 Å². The predicted molar refractivity (Wildman–Crippen MR) is 112 cm³/mol. The van der Waals surface area contributed by atoms with Crippen molar-refractivity contribution in [2.75, 3.05) is 33.8 Å². The Balaban J connectivity index is 1.47. The van der Waals surface area contributed by atoms with Crippen molar-refractivity contribution in [2.45, 2.75) is 52.1 Å². The highest BCUT2D eigenvalue weighted by Gasteiger charge is 2.25. The average molecular weight is 381 g/mol. The van der Waals surface area contributed by atoms with E-state index in [0.717, 1.165) is 50.7 Å². The van der Waals surface area contributed by atoms with Gasteiger partial charge in [-0.3, -0.25) is 4.90 Å². The van der Waals surface area contributed by atoms with Crippen LogP contribution in [0.15, 0.2) is 18.3 Å². The molecule has 1 fully saturated rings. The number of nitrogens with zero attached hydrogens (tertiary/aromatic N) is 4. The van der Waals surface area contributed by atoms with Gasteiger partial charge in [-0.1, -0.05) is 6.07 Å². The summed E-state index contributed by atoms with van der Waals surface area (Å²) in [5.41, 5.74) is 6.55. The molecule has 0 saturated carbocycles. The second kappa shape index (κ2) is 8.18. The Morgan fingerprint density at radius 2 is 2.04 bits per heavy atom. The monoisotopic (exact) mass is 380 g/mol. The minimum atomic E-state index is 0.443. The van der Waals surface area contributed by atoms with Gasteiger partial charge in [-0.25, -0.2) is 9.97 Å². The first-order valence-corrected chi connectivity index (χ1v) is 10.4. The van der Waals surface area contributed by atoms with Crippen LogP contribution in [0.25, 0.3) is 0 Å². The lowest BCUT2D eigenvalue weighted by atomic mass is 9.95. The molecule has 1 unspecified atom stereocenters. The Morgan fingerprint density at radius 3 is 2.86 bits per heavy atom. The fraction of sp³-hybridized carbons (Fsp3) is 0.565. The second-order valence-electron chi connectivity index (χ2n) is 8.44. The molecular formula is C23H32N4O. The zero-order valence-corrected chi connectivity index (χ0v) is 17.7. The predicted octanol–water partition coefficient (Wildman–Crippen LogP) is 3.47. The molecule has 4 rings (SSSR count). The van der Waals surface area contributed by atoms with Crippen LogP contribution in [-0.2, 0) is 19.5 Å². The summed E-state index contributed by atoms with van der Waals surface area (Å²) in [5, 5.41) is 0. The van der Waals surface area contributed by atoms with Crippen molar-refractivity contribution in [2.24, 2.45) is 0 Å². The van der Waals surface area contributed by atoms with E-state index in [-0.39, 0.29) is 0 Å². The molecule has 0 N–H and O–H groups in total. The molecule has 28 heavy (non-hydrogen) atoms. The summed E-state index contributed by atoms with van der Waals surface area (Å²) >= 11 is 0. The maximum Gasteiger partial charge on any atom is 0.132 e. The summed E-state index contributed by atoms with van der Waals surface area (Å²) in [6.07, 6.45) is 5.52. The molecule has 5 nitrogen and oxygen atoms in total. The van der Waals surface area contributed by atoms with Crippen LogP contribution in [0.1, 0.15) is 52.5 Å². The standard InChI is InChI=1S/C23H32N4O/c1-16-17(2)22(28-4)8-7-18(16)14-27-10-5-6-19(15-27)23-24-12-20-13-26(3)11-9-21(20)25-23/h7-8,12,19H,5-6,9-11,13-15H2,1-4H3. The highest BCUT2D eigenvalue weighted by atomic mass is 16.5. The molecule has 0 amide bonds. The smallest absolute Gasteiger partial charge is 0.132 e. The molecule has 2 aliphatic rings. The number of methoxy groups -OCH3 is 1. The van der Waals surface area contributed by atoms with Crippen LogP contribution in [0.4, 0.5) is 0 Å². The minimum absolute atomic E-state index is 0.443. The van der Waals surface area contributed by atoms with E-state index in [1.54, 1.807) is 7.11 Å². The first kappa shape index (κ1) is 19.3. The Labute approximate surface area is 168 Å². The highest BCUT2D eigenvalue weighted by molar-refractivity contribution is 5.43. The molecule has 5 heteroatoms. The molecule has 3 heterocycles. The number of likely N-dealkylation sites (tertiary alicyclic amines) is 1. The summed E-state index contributed by atoms with van der Waals surface area (Å²) in [6, 6.07) is 4.32. The molecule has 0 radical (unpaired) electrons. The minimum Gasteiger partial charge on any atom is -0.496 e. The SMILES string of the molecule is COc1ccc(CN2CCCC(c3ncc4c(n3)CCN(C)C4)C2)c(C)c1C. The van der Waals surface area contributed by atoms with Crippen LogP contribution in [0.3, 0.4) is 0 Å². The van der Waals surface area contributed by atoms with Gasteiger partial charge >= 0.3 is 0 Å². The number of hydrogen-bond donors (Lipinski definition) is 0. The summed E-state index contributed by atoms with van der Waals surface area (Å²) < 4.78 is 5.46. The van der Waals surface area contributed by atoms with Crippen LogP contribution in [0, 0.1) is 13.8 Å². The fourth-order valence-corrected chi connectivity index (χ4v) is 4.56. The van der Waals surface area contributed by atoms with Crippen LogP contribution >= 0.6 is 0 Å². The molecule has 1 atom stereocenters. The fourth-order valence-electron chi connectivity index (χ4n) is 4.56. The Bertz CT molecular complexity index is 851. The normalized spacial score (nSPS) is 20.8. The number of rotatable bonds is 4. The van der Waals surface area contributed by atoms with Gasteiger partial charge in [-0.15, -0.1) is 0 Å². The van der Waals surface area contributed by atoms with E-state index < -0.39 is 0 Å². The van der Waals surface area contributed by atoms with E-state index >= 15 is 0 Å². The van der Waals surface area contributed by atoms with Gasteiger partial charge in [0.1, 0.15) is 11.6 Å². The van der Waals surface area contributed by atoms with Gasteiger partial charge in [-0.2, -0.15) is 0 Å². The molecule has 150 valence electrons. The summed E-state index contributed by atoms with van der Waals surface area (Å²) in [5.74, 6) is 2.47. The molecule has 1 saturated heterocycles. The maximum absolute atomic E-state index is 5.46. The third-order valence-corrected chi connectivity index (χ3v) is 6.48. The third-order valence-electron chi connectivity index (χ3n) is 6.48. The van der Waals surface area contributed by atoms with E-state index in [1.165, 1.54) is 40.8 Å². The lowest BCUT2D eigenvalue weighted by Crippen LogP contribution is -2.35. The van der Waals surface area contributed by atoms with Gasteiger partial charge in [0.15, 0.2) is 0 Å². The van der Waals surface area contributed by atoms with Crippen molar-refractivity contribution in [1.29, 1.82) is 0 Å². The number of aromatic nitrogens is 2. The molecule has 0 spiro atoms. The number of benzene rings is 1. The van der Waals surface area contributed by atoms with Crippen LogP contribution < -0.4 is 4.74 Å². The maximum atomic E-state index is 5.46. The molecule has 0 bridgehead atoms. The van der Waals surface area contributed by atoms with Gasteiger partial charge in [0.05, 0.1) is 7.11 Å². The summed E-state index contributed by atoms with van der Waals surface area (Å²) in [7, 11) is 3.91. The topological polar surface area (TPSA) is 41.5 Å². The molecular weight excluding hydrogens is 348 g/mol. The highest BCUT2D eigenvalue weighted by Crippen LogP contribution is 2.29. The molecule has 0 aliphatic carbocycles. The van der Waals surface area contributed by atoms with Crippen molar-refractivity contribution >= 4 is 0 Å². The molecule has 2 aliphatic heterocycles. The lowest BCUT2D eigenvalue weighted by molar-refractivity contribution is 0.195. The van der Waals surface area contributed by atoms with Gasteiger partial charge in [0.25, 0.3) is 0 Å². The number of fused-ring (bicyclic) bond motifs is 1.